The molecule has 12 heavy (non-hydrogen) atoms. The standard InChI is InChI=1S/C9H10NO2/c11-7-10-6-5-8-1-3-9(12)4-2-8/h1-4,12H,5-6H2,(H,10,11). The molecule has 1 aromatic rings. The van der Waals surface area contributed by atoms with Gasteiger partial charge in [0.1, 0.15) is 5.75 Å². The molecule has 1 rings (SSSR count). The molecule has 0 heterocycles. The van der Waals surface area contributed by atoms with Crippen LogP contribution in [0, 0.1) is 0 Å². The number of hydrogen-bond acceptors (Lipinski definition) is 2. The van der Waals surface area contributed by atoms with Crippen LogP contribution in [0.25, 0.3) is 0 Å². The van der Waals surface area contributed by atoms with E-state index in [0.717, 1.165) is 12.0 Å². The van der Waals surface area contributed by atoms with Gasteiger partial charge >= 0.3 is 6.41 Å². The van der Waals surface area contributed by atoms with Gasteiger partial charge in [-0.15, -0.1) is 0 Å². The zero-order chi connectivity index (χ0) is 8.81. The highest BCUT2D eigenvalue weighted by Gasteiger charge is 1.92. The van der Waals surface area contributed by atoms with E-state index in [1.54, 1.807) is 18.5 Å². The normalized spacial score (nSPS) is 9.33. The molecule has 0 aliphatic heterocycles. The van der Waals surface area contributed by atoms with Gasteiger partial charge in [0.15, 0.2) is 0 Å². The van der Waals surface area contributed by atoms with E-state index in [0.29, 0.717) is 6.54 Å². The second-order valence-electron chi connectivity index (χ2n) is 2.45. The molecule has 3 heteroatoms. The van der Waals surface area contributed by atoms with E-state index in [9.17, 15) is 4.79 Å². The second-order valence-corrected chi connectivity index (χ2v) is 2.45. The van der Waals surface area contributed by atoms with Crippen molar-refractivity contribution in [1.29, 1.82) is 0 Å². The van der Waals surface area contributed by atoms with Gasteiger partial charge < -0.3 is 10.4 Å². The predicted octanol–water partition coefficient (Wildman–Crippen LogP) is 0.591. The van der Waals surface area contributed by atoms with Crippen LogP contribution < -0.4 is 5.32 Å². The van der Waals surface area contributed by atoms with E-state index >= 15 is 0 Å². The van der Waals surface area contributed by atoms with Gasteiger partial charge in [0.2, 0.25) is 0 Å². The van der Waals surface area contributed by atoms with Gasteiger partial charge in [0, 0.05) is 6.54 Å². The Hall–Kier alpha value is -1.51. The number of phenolic OH excluding ortho intramolecular Hbond substituents is 1. The number of nitrogens with one attached hydrogen (secondary N) is 1. The third kappa shape index (κ3) is 2.62. The van der Waals surface area contributed by atoms with E-state index in [2.05, 4.69) is 5.32 Å². The van der Waals surface area contributed by atoms with Crippen molar-refractivity contribution >= 4 is 6.41 Å². The molecular formula is C9H10NO2. The SMILES string of the molecule is O=[C]NCCc1ccc(O)cc1. The van der Waals surface area contributed by atoms with Crippen LogP contribution in [0.2, 0.25) is 0 Å². The van der Waals surface area contributed by atoms with Crippen molar-refractivity contribution in [2.45, 2.75) is 6.42 Å². The van der Waals surface area contributed by atoms with Gasteiger partial charge in [0.05, 0.1) is 0 Å². The molecule has 0 aromatic heterocycles. The van der Waals surface area contributed by atoms with Crippen molar-refractivity contribution in [3.8, 4) is 5.75 Å². The van der Waals surface area contributed by atoms with E-state index < -0.39 is 0 Å². The highest BCUT2D eigenvalue weighted by molar-refractivity contribution is 5.47. The van der Waals surface area contributed by atoms with Crippen molar-refractivity contribution in [2.24, 2.45) is 0 Å². The van der Waals surface area contributed by atoms with E-state index in [-0.39, 0.29) is 5.75 Å². The lowest BCUT2D eigenvalue weighted by atomic mass is 10.1. The van der Waals surface area contributed by atoms with Gasteiger partial charge in [-0.3, -0.25) is 4.79 Å². The molecule has 0 aliphatic rings. The Morgan fingerprint density at radius 3 is 2.58 bits per heavy atom. The molecule has 1 radical (unpaired) electrons. The summed E-state index contributed by atoms with van der Waals surface area (Å²) >= 11 is 0. The van der Waals surface area contributed by atoms with Crippen LogP contribution in [-0.4, -0.2) is 18.1 Å². The maximum absolute atomic E-state index is 9.77. The minimum absolute atomic E-state index is 0.258. The van der Waals surface area contributed by atoms with E-state index in [4.69, 9.17) is 5.11 Å². The molecule has 2 N–H and O–H groups in total. The maximum atomic E-state index is 9.77. The fourth-order valence-electron chi connectivity index (χ4n) is 0.920. The Bertz CT molecular complexity index is 243. The molecule has 0 saturated heterocycles. The number of carbonyl (C=O) groups excluding carboxylic acids is 1. The van der Waals surface area contributed by atoms with Gasteiger partial charge in [-0.2, -0.15) is 0 Å². The Morgan fingerprint density at radius 2 is 2.00 bits per heavy atom. The molecule has 0 atom stereocenters. The van der Waals surface area contributed by atoms with Gasteiger partial charge in [-0.25, -0.2) is 0 Å². The van der Waals surface area contributed by atoms with Crippen molar-refractivity contribution in [2.75, 3.05) is 6.54 Å². The zero-order valence-electron chi connectivity index (χ0n) is 6.58. The number of amides is 1. The van der Waals surface area contributed by atoms with Crippen molar-refractivity contribution in [3.63, 3.8) is 0 Å². The minimum atomic E-state index is 0.258. The predicted molar refractivity (Wildman–Crippen MR) is 45.5 cm³/mol. The number of phenols is 1. The quantitative estimate of drug-likeness (QED) is 0.505. The van der Waals surface area contributed by atoms with Crippen molar-refractivity contribution in [3.05, 3.63) is 29.8 Å². The van der Waals surface area contributed by atoms with E-state index in [1.807, 2.05) is 12.1 Å². The summed E-state index contributed by atoms with van der Waals surface area (Å²) in [5.74, 6) is 0.258. The minimum Gasteiger partial charge on any atom is -0.508 e. The number of benzene rings is 1. The molecule has 3 nitrogen and oxygen atoms in total. The van der Waals surface area contributed by atoms with Gasteiger partial charge in [-0.05, 0) is 24.1 Å². The topological polar surface area (TPSA) is 49.3 Å². The van der Waals surface area contributed by atoms with Crippen LogP contribution in [0.1, 0.15) is 5.56 Å². The lowest BCUT2D eigenvalue weighted by molar-refractivity contribution is 0.475. The van der Waals surface area contributed by atoms with Crippen LogP contribution in [0.15, 0.2) is 24.3 Å². The molecule has 0 saturated carbocycles. The summed E-state index contributed by atoms with van der Waals surface area (Å²) in [6.07, 6.45) is 2.36. The first-order chi connectivity index (χ1) is 5.83. The summed E-state index contributed by atoms with van der Waals surface area (Å²) in [6.45, 7) is 0.578. The summed E-state index contributed by atoms with van der Waals surface area (Å²) in [7, 11) is 0. The largest absolute Gasteiger partial charge is 0.508 e. The fraction of sp³-hybridized carbons (Fsp3) is 0.222. The maximum Gasteiger partial charge on any atom is 0.309 e. The third-order valence-electron chi connectivity index (χ3n) is 1.55. The van der Waals surface area contributed by atoms with Crippen LogP contribution in [0.5, 0.6) is 5.75 Å². The Labute approximate surface area is 71.0 Å². The van der Waals surface area contributed by atoms with Crippen LogP contribution >= 0.6 is 0 Å². The summed E-state index contributed by atoms with van der Waals surface area (Å²) in [5, 5.41) is 11.4. The average Bonchev–Trinajstić information content (AvgIpc) is 2.09. The summed E-state index contributed by atoms with van der Waals surface area (Å²) < 4.78 is 0. The average molecular weight is 164 g/mol. The Kier molecular flexibility index (Phi) is 3.14. The first-order valence-corrected chi connectivity index (χ1v) is 3.71. The molecule has 0 aliphatic carbocycles. The summed E-state index contributed by atoms with van der Waals surface area (Å²) in [6, 6.07) is 6.89. The van der Waals surface area contributed by atoms with Crippen molar-refractivity contribution < 1.29 is 9.90 Å². The monoisotopic (exact) mass is 164 g/mol. The molecule has 1 aromatic carbocycles. The molecule has 0 unspecified atom stereocenters. The third-order valence-corrected chi connectivity index (χ3v) is 1.55. The molecule has 0 fully saturated rings. The summed E-state index contributed by atoms with van der Waals surface area (Å²) in [5.41, 5.74) is 1.08. The second kappa shape index (κ2) is 4.38. The first kappa shape index (κ1) is 8.59. The lowest BCUT2D eigenvalue weighted by Gasteiger charge is -1.99. The lowest BCUT2D eigenvalue weighted by Crippen LogP contribution is -2.14. The highest BCUT2D eigenvalue weighted by atomic mass is 16.3. The first-order valence-electron chi connectivity index (χ1n) is 3.71. The number of hydrogen-bond donors (Lipinski definition) is 2. The van der Waals surface area contributed by atoms with Crippen LogP contribution in [-0.2, 0) is 11.2 Å². The zero-order valence-corrected chi connectivity index (χ0v) is 6.58. The molecule has 0 spiro atoms. The Balaban J connectivity index is 2.42. The van der Waals surface area contributed by atoms with E-state index in [1.165, 1.54) is 0 Å². The Morgan fingerprint density at radius 1 is 1.33 bits per heavy atom. The molecule has 1 amide bonds. The smallest absolute Gasteiger partial charge is 0.309 e. The molecule has 0 bridgehead atoms. The summed E-state index contributed by atoms with van der Waals surface area (Å²) in [4.78, 5) is 9.77. The fourth-order valence-corrected chi connectivity index (χ4v) is 0.920. The number of rotatable bonds is 4. The number of aromatic hydroxyl groups is 1. The van der Waals surface area contributed by atoms with Crippen LogP contribution in [0.4, 0.5) is 0 Å². The van der Waals surface area contributed by atoms with Gasteiger partial charge in [-0.1, -0.05) is 12.1 Å². The van der Waals surface area contributed by atoms with Gasteiger partial charge in [0.25, 0.3) is 0 Å². The molecule has 63 valence electrons. The highest BCUT2D eigenvalue weighted by Crippen LogP contribution is 2.09. The van der Waals surface area contributed by atoms with Crippen LogP contribution in [0.3, 0.4) is 0 Å². The molecular weight excluding hydrogens is 154 g/mol. The van der Waals surface area contributed by atoms with Crippen molar-refractivity contribution in [1.82, 2.24) is 5.32 Å².